The van der Waals surface area contributed by atoms with Crippen LogP contribution in [-0.4, -0.2) is 0 Å². The summed E-state index contributed by atoms with van der Waals surface area (Å²) in [7, 11) is 0. The van der Waals surface area contributed by atoms with E-state index in [1.54, 1.807) is 0 Å². The van der Waals surface area contributed by atoms with Gasteiger partial charge >= 0.3 is 26.2 Å². The minimum Gasteiger partial charge on any atom is -0.263 e. The minimum absolute atomic E-state index is 0. The Hall–Kier alpha value is -1.72. The van der Waals surface area contributed by atoms with Gasteiger partial charge in [-0.3, -0.25) is 12.2 Å². The van der Waals surface area contributed by atoms with Gasteiger partial charge in [-0.25, -0.2) is 11.1 Å². The van der Waals surface area contributed by atoms with Gasteiger partial charge in [-0.2, -0.15) is 95.1 Å². The van der Waals surface area contributed by atoms with E-state index in [4.69, 9.17) is 0 Å². The molecule has 0 unspecified atom stereocenters. The maximum atomic E-state index is 3.44. The van der Waals surface area contributed by atoms with Gasteiger partial charge in [-0.15, -0.1) is 13.8 Å². The molecule has 0 fully saturated rings. The molecule has 4 rings (SSSR count). The van der Waals surface area contributed by atoms with E-state index in [0.717, 1.165) is 0 Å². The van der Waals surface area contributed by atoms with Crippen LogP contribution in [0.5, 0.6) is 0 Å². The Balaban J connectivity index is 0.000000420. The van der Waals surface area contributed by atoms with Crippen molar-refractivity contribution in [1.82, 2.24) is 0 Å². The Morgan fingerprint density at radius 3 is 0.818 bits per heavy atom. The van der Waals surface area contributed by atoms with E-state index in [1.807, 2.05) is 60.7 Å². The molecule has 1 heteroatoms. The summed E-state index contributed by atoms with van der Waals surface area (Å²) in [5.74, 6) is 0. The van der Waals surface area contributed by atoms with Crippen LogP contribution < -0.4 is 0 Å². The van der Waals surface area contributed by atoms with Crippen LogP contribution in [0.1, 0.15) is 69.2 Å². The zero-order chi connectivity index (χ0) is 24.4. The predicted molar refractivity (Wildman–Crippen MR) is 140 cm³/mol. The van der Waals surface area contributed by atoms with Crippen LogP contribution in [0.2, 0.25) is 0 Å². The summed E-state index contributed by atoms with van der Waals surface area (Å²) >= 11 is 0. The first kappa shape index (κ1) is 31.3. The largest absolute Gasteiger partial charge is 4.00 e. The zero-order valence-corrected chi connectivity index (χ0v) is 24.7. The van der Waals surface area contributed by atoms with Crippen LogP contribution in [0, 0.1) is 35.1 Å². The minimum atomic E-state index is 0. The van der Waals surface area contributed by atoms with Crippen LogP contribution in [0.25, 0.3) is 0 Å². The molecule has 0 aliphatic heterocycles. The summed E-state index contributed by atoms with van der Waals surface area (Å²) in [6.07, 6.45) is 6.87. The molecule has 172 valence electrons. The maximum Gasteiger partial charge on any atom is 4.00 e. The summed E-state index contributed by atoms with van der Waals surface area (Å²) in [4.78, 5) is 0. The molecule has 0 atom stereocenters. The molecule has 0 bridgehead atoms. The van der Waals surface area contributed by atoms with Crippen molar-refractivity contribution in [1.29, 1.82) is 0 Å². The Bertz CT molecular complexity index is 817. The summed E-state index contributed by atoms with van der Waals surface area (Å²) in [6.45, 7) is 21.8. The van der Waals surface area contributed by atoms with Crippen LogP contribution in [0.15, 0.2) is 94.1 Å². The molecular weight excluding hydrogens is 476 g/mol. The number of allylic oxidation sites excluding steroid dienone is 8. The molecule has 0 amide bonds. The van der Waals surface area contributed by atoms with Crippen molar-refractivity contribution in [2.45, 2.75) is 69.2 Å². The second-order valence-corrected chi connectivity index (χ2v) is 9.40. The van der Waals surface area contributed by atoms with Gasteiger partial charge in [0.25, 0.3) is 0 Å². The number of benzene rings is 2. The molecule has 0 N–H and O–H groups in total. The summed E-state index contributed by atoms with van der Waals surface area (Å²) in [5, 5.41) is 0. The normalized spacial score (nSPS) is 17.2. The fourth-order valence-corrected chi connectivity index (χ4v) is 3.50. The van der Waals surface area contributed by atoms with Gasteiger partial charge in [0.1, 0.15) is 0 Å². The van der Waals surface area contributed by atoms with Crippen molar-refractivity contribution < 1.29 is 26.2 Å². The monoisotopic (exact) mass is 514 g/mol. The van der Waals surface area contributed by atoms with Crippen LogP contribution >= 0.6 is 0 Å². The van der Waals surface area contributed by atoms with E-state index >= 15 is 0 Å². The van der Waals surface area contributed by atoms with Crippen molar-refractivity contribution >= 4 is 0 Å². The summed E-state index contributed by atoms with van der Waals surface area (Å²) in [6, 6.07) is 25.0. The van der Waals surface area contributed by atoms with Gasteiger partial charge in [0.05, 0.1) is 0 Å². The van der Waals surface area contributed by atoms with E-state index in [2.05, 4.69) is 93.5 Å². The van der Waals surface area contributed by atoms with E-state index in [-0.39, 0.29) is 37.0 Å². The molecule has 2 aliphatic carbocycles. The van der Waals surface area contributed by atoms with Crippen molar-refractivity contribution in [3.8, 4) is 0 Å². The third-order valence-corrected chi connectivity index (χ3v) is 6.34. The zero-order valence-electron chi connectivity index (χ0n) is 22.3. The van der Waals surface area contributed by atoms with Gasteiger partial charge in [0, 0.05) is 0 Å². The second-order valence-electron chi connectivity index (χ2n) is 9.40. The number of hydrogen-bond donors (Lipinski definition) is 0. The van der Waals surface area contributed by atoms with E-state index in [9.17, 15) is 0 Å². The average Bonchev–Trinajstić information content (AvgIpc) is 3.08. The molecule has 0 radical (unpaired) electrons. The third-order valence-electron chi connectivity index (χ3n) is 6.34. The molecule has 0 saturated carbocycles. The summed E-state index contributed by atoms with van der Waals surface area (Å²) in [5.41, 5.74) is 8.79. The topological polar surface area (TPSA) is 0 Å². The smallest absolute Gasteiger partial charge is 0.263 e. The van der Waals surface area contributed by atoms with Gasteiger partial charge in [0.15, 0.2) is 0 Å². The molecule has 0 heterocycles. The predicted octanol–water partition coefficient (Wildman–Crippen LogP) is 9.20. The van der Waals surface area contributed by atoms with E-state index in [0.29, 0.717) is 0 Å². The van der Waals surface area contributed by atoms with Crippen LogP contribution in [0.4, 0.5) is 0 Å². The third kappa shape index (κ3) is 10.4. The van der Waals surface area contributed by atoms with Crippen molar-refractivity contribution in [3.63, 3.8) is 0 Å². The van der Waals surface area contributed by atoms with Crippen LogP contribution in [-0.2, 0) is 26.2 Å². The Morgan fingerprint density at radius 2 is 0.758 bits per heavy atom. The fraction of sp³-hybridized carbons (Fsp3) is 0.375. The van der Waals surface area contributed by atoms with Crippen molar-refractivity contribution in [2.24, 2.45) is 10.8 Å². The molecule has 2 aromatic rings. The first-order valence-corrected chi connectivity index (χ1v) is 11.3. The fourth-order valence-electron chi connectivity index (χ4n) is 3.50. The Morgan fingerprint density at radius 1 is 0.485 bits per heavy atom. The number of rotatable bonds is 0. The molecule has 0 spiro atoms. The van der Waals surface area contributed by atoms with Crippen molar-refractivity contribution in [3.05, 3.63) is 118 Å². The van der Waals surface area contributed by atoms with Gasteiger partial charge in [-0.05, 0) is 0 Å². The molecule has 0 aromatic heterocycles. The first-order valence-electron chi connectivity index (χ1n) is 11.3. The quantitative estimate of drug-likeness (QED) is 0.307. The standard InChI is InChI=1S/2C10H15.2C6H5.Zr/c2*1-7-6-10(4,5)9(3)8(7)2;2*1-2-4-6-5-3-1;/h2*1-5H3;2*1-5H;/q4*-1;+4. The molecule has 2 aromatic carbocycles. The second kappa shape index (κ2) is 14.5. The van der Waals surface area contributed by atoms with Gasteiger partial charge in [-0.1, -0.05) is 66.2 Å². The van der Waals surface area contributed by atoms with Crippen LogP contribution in [0.3, 0.4) is 0 Å². The van der Waals surface area contributed by atoms with E-state index < -0.39 is 0 Å². The molecule has 33 heavy (non-hydrogen) atoms. The molecule has 0 saturated heterocycles. The Kier molecular flexibility index (Phi) is 13.8. The SMILES string of the molecule is CC1=[C-]C(C)(C)C(C)=C1C.CC1=[C-]C(C)(C)C(C)=C1C.[Zr+4].[c-]1ccccc1.[c-]1ccccc1. The molecule has 2 aliphatic rings. The first-order chi connectivity index (χ1) is 14.9. The summed E-state index contributed by atoms with van der Waals surface area (Å²) < 4.78 is 0. The molecular formula is C32H40Zr. The van der Waals surface area contributed by atoms with Crippen molar-refractivity contribution in [2.75, 3.05) is 0 Å². The Labute approximate surface area is 223 Å². The maximum absolute atomic E-state index is 3.44. The average molecular weight is 516 g/mol. The van der Waals surface area contributed by atoms with Gasteiger partial charge < -0.3 is 0 Å². The van der Waals surface area contributed by atoms with E-state index in [1.165, 1.54) is 33.4 Å². The number of hydrogen-bond acceptors (Lipinski definition) is 0. The molecule has 0 nitrogen and oxygen atoms in total. The van der Waals surface area contributed by atoms with Gasteiger partial charge in [0.2, 0.25) is 0 Å².